The second-order valence-corrected chi connectivity index (χ2v) is 8.03. The molecule has 126 valence electrons. The van der Waals surface area contributed by atoms with Gasteiger partial charge >= 0.3 is 0 Å². The number of carbonyl (C=O) groups is 2. The number of likely N-dealkylation sites (tertiary alicyclic amines) is 1. The fourth-order valence-corrected chi connectivity index (χ4v) is 4.68. The summed E-state index contributed by atoms with van der Waals surface area (Å²) in [6.45, 7) is 2.00. The van der Waals surface area contributed by atoms with Crippen molar-refractivity contribution >= 4 is 39.9 Å². The van der Waals surface area contributed by atoms with Gasteiger partial charge in [0.2, 0.25) is 0 Å². The smallest absolute Gasteiger partial charge is 0.194 e. The number of hydrogen-bond acceptors (Lipinski definition) is 4. The summed E-state index contributed by atoms with van der Waals surface area (Å²) in [4.78, 5) is 28.6. The minimum Gasteiger partial charge on any atom is -0.357 e. The van der Waals surface area contributed by atoms with E-state index in [1.165, 1.54) is 31.0 Å². The van der Waals surface area contributed by atoms with Gasteiger partial charge in [-0.1, -0.05) is 48.2 Å². The zero-order chi connectivity index (χ0) is 17.4. The Hall–Kier alpha value is -1.98. The molecule has 0 spiro atoms. The molecule has 25 heavy (non-hydrogen) atoms. The van der Waals surface area contributed by atoms with Crippen molar-refractivity contribution in [3.8, 4) is 0 Å². The summed E-state index contributed by atoms with van der Waals surface area (Å²) in [5, 5.41) is 0. The highest BCUT2D eigenvalue weighted by molar-refractivity contribution is 8.22. The average Bonchev–Trinajstić information content (AvgIpc) is 2.67. The van der Waals surface area contributed by atoms with E-state index in [0.717, 1.165) is 22.3 Å². The van der Waals surface area contributed by atoms with Gasteiger partial charge in [0.15, 0.2) is 11.6 Å². The van der Waals surface area contributed by atoms with Crippen LogP contribution in [0.25, 0.3) is 0 Å². The van der Waals surface area contributed by atoms with E-state index in [2.05, 4.69) is 4.90 Å². The fourth-order valence-electron chi connectivity index (χ4n) is 3.38. The quantitative estimate of drug-likeness (QED) is 0.473. The Kier molecular flexibility index (Phi) is 4.44. The number of thioether (sulfide) groups is 1. The predicted molar refractivity (Wildman–Crippen MR) is 104 cm³/mol. The molecule has 2 aliphatic rings. The summed E-state index contributed by atoms with van der Waals surface area (Å²) < 4.78 is 0.842. The van der Waals surface area contributed by atoms with Gasteiger partial charge in [-0.15, -0.1) is 0 Å². The summed E-state index contributed by atoms with van der Waals surface area (Å²) in [7, 11) is 0. The predicted octanol–water partition coefficient (Wildman–Crippen LogP) is 4.32. The lowest BCUT2D eigenvalue weighted by molar-refractivity contribution is 0.0979. The summed E-state index contributed by atoms with van der Waals surface area (Å²) in [5.41, 5.74) is 1.94. The molecule has 3 nitrogen and oxygen atoms in total. The minimum absolute atomic E-state index is 0.0830. The largest absolute Gasteiger partial charge is 0.357 e. The highest BCUT2D eigenvalue weighted by Crippen LogP contribution is 2.31. The topological polar surface area (TPSA) is 37.4 Å². The third-order valence-electron chi connectivity index (χ3n) is 4.72. The number of carbonyl (C=O) groups excluding carboxylic acids is 2. The van der Waals surface area contributed by atoms with Crippen molar-refractivity contribution in [2.24, 2.45) is 0 Å². The summed E-state index contributed by atoms with van der Waals surface area (Å²) in [6.07, 6.45) is 3.61. The molecule has 1 heterocycles. The Labute approximate surface area is 156 Å². The van der Waals surface area contributed by atoms with Gasteiger partial charge in [0, 0.05) is 40.2 Å². The number of ketones is 2. The maximum absolute atomic E-state index is 12.8. The molecule has 0 unspecified atom stereocenters. The van der Waals surface area contributed by atoms with Gasteiger partial charge in [-0.2, -0.15) is 0 Å². The van der Waals surface area contributed by atoms with Crippen LogP contribution in [0, 0.1) is 0 Å². The van der Waals surface area contributed by atoms with Gasteiger partial charge in [0.1, 0.15) is 4.32 Å². The molecule has 1 fully saturated rings. The fraction of sp³-hybridized carbons (Fsp3) is 0.250. The molecular weight excluding hydrogens is 350 g/mol. The first-order valence-corrected chi connectivity index (χ1v) is 9.67. The van der Waals surface area contributed by atoms with Crippen molar-refractivity contribution < 1.29 is 9.59 Å². The van der Waals surface area contributed by atoms with Crippen LogP contribution in [0.2, 0.25) is 0 Å². The summed E-state index contributed by atoms with van der Waals surface area (Å²) in [6, 6.07) is 12.5. The summed E-state index contributed by atoms with van der Waals surface area (Å²) >= 11 is 7.06. The second kappa shape index (κ2) is 6.73. The molecule has 1 aliphatic heterocycles. The Morgan fingerprint density at radius 3 is 2.12 bits per heavy atom. The molecule has 1 saturated heterocycles. The van der Waals surface area contributed by atoms with Crippen molar-refractivity contribution in [1.82, 2.24) is 4.90 Å². The van der Waals surface area contributed by atoms with E-state index in [-0.39, 0.29) is 11.6 Å². The van der Waals surface area contributed by atoms with Crippen LogP contribution in [0.4, 0.5) is 0 Å². The normalized spacial score (nSPS) is 16.4. The molecule has 0 atom stereocenters. The number of rotatable bonds is 1. The third kappa shape index (κ3) is 3.02. The van der Waals surface area contributed by atoms with Crippen LogP contribution in [-0.4, -0.2) is 33.9 Å². The van der Waals surface area contributed by atoms with Crippen molar-refractivity contribution in [3.63, 3.8) is 0 Å². The van der Waals surface area contributed by atoms with Crippen LogP contribution < -0.4 is 0 Å². The van der Waals surface area contributed by atoms with Crippen LogP contribution in [0.5, 0.6) is 0 Å². The van der Waals surface area contributed by atoms with Crippen molar-refractivity contribution in [2.45, 2.75) is 24.2 Å². The molecule has 0 saturated carbocycles. The lowest BCUT2D eigenvalue weighted by Gasteiger charge is -2.28. The number of thiocarbonyl (C=S) groups is 1. The Bertz CT molecular complexity index is 885. The first kappa shape index (κ1) is 16.5. The number of piperidine rings is 1. The van der Waals surface area contributed by atoms with Gasteiger partial charge < -0.3 is 4.90 Å². The Morgan fingerprint density at radius 1 is 0.840 bits per heavy atom. The zero-order valence-corrected chi connectivity index (χ0v) is 15.3. The minimum atomic E-state index is -0.0865. The van der Waals surface area contributed by atoms with Crippen LogP contribution in [-0.2, 0) is 0 Å². The Morgan fingerprint density at radius 2 is 1.44 bits per heavy atom. The molecule has 0 N–H and O–H groups in total. The average molecular weight is 367 g/mol. The van der Waals surface area contributed by atoms with Gasteiger partial charge in [0.05, 0.1) is 0 Å². The molecule has 0 radical (unpaired) electrons. The number of hydrogen-bond donors (Lipinski definition) is 0. The highest BCUT2D eigenvalue weighted by atomic mass is 32.2. The third-order valence-corrected chi connectivity index (χ3v) is 6.15. The van der Waals surface area contributed by atoms with Crippen molar-refractivity contribution in [1.29, 1.82) is 0 Å². The van der Waals surface area contributed by atoms with Crippen LogP contribution >= 0.6 is 24.0 Å². The number of benzene rings is 2. The molecule has 0 amide bonds. The van der Waals surface area contributed by atoms with E-state index in [1.807, 2.05) is 12.1 Å². The molecule has 2 aromatic rings. The number of nitrogens with zero attached hydrogens (tertiary/aromatic N) is 1. The molecule has 0 bridgehead atoms. The van der Waals surface area contributed by atoms with E-state index in [1.54, 1.807) is 30.3 Å². The Balaban J connectivity index is 1.63. The van der Waals surface area contributed by atoms with E-state index >= 15 is 0 Å². The standard InChI is InChI=1S/C20H17NO2S2/c22-18-14-6-2-3-7-15(14)19(23)17-12-13(8-9-16(17)18)25-20(24)21-10-4-1-5-11-21/h2-3,6-9,12H,1,4-5,10-11H2. The second-order valence-electron chi connectivity index (χ2n) is 6.33. The molecule has 2 aromatic carbocycles. The van der Waals surface area contributed by atoms with Crippen LogP contribution in [0.1, 0.15) is 51.1 Å². The maximum Gasteiger partial charge on any atom is 0.194 e. The van der Waals surface area contributed by atoms with E-state index < -0.39 is 0 Å². The van der Waals surface area contributed by atoms with E-state index in [4.69, 9.17) is 12.2 Å². The monoisotopic (exact) mass is 367 g/mol. The maximum atomic E-state index is 12.8. The molecule has 1 aliphatic carbocycles. The molecule has 0 aromatic heterocycles. The van der Waals surface area contributed by atoms with Gasteiger partial charge in [-0.05, 0) is 37.5 Å². The lowest BCUT2D eigenvalue weighted by atomic mass is 9.84. The molecular formula is C20H17NO2S2. The first-order chi connectivity index (χ1) is 12.1. The lowest BCUT2D eigenvalue weighted by Crippen LogP contribution is -2.32. The van der Waals surface area contributed by atoms with E-state index in [0.29, 0.717) is 22.3 Å². The zero-order valence-electron chi connectivity index (χ0n) is 13.7. The van der Waals surface area contributed by atoms with Crippen LogP contribution in [0.15, 0.2) is 47.4 Å². The van der Waals surface area contributed by atoms with Gasteiger partial charge in [0.25, 0.3) is 0 Å². The van der Waals surface area contributed by atoms with Crippen LogP contribution in [0.3, 0.4) is 0 Å². The SMILES string of the molecule is O=C1c2ccccc2C(=O)c2cc(SC(=S)N3CCCCC3)ccc21. The molecule has 5 heteroatoms. The van der Waals surface area contributed by atoms with Gasteiger partial charge in [-0.3, -0.25) is 9.59 Å². The highest BCUT2D eigenvalue weighted by Gasteiger charge is 2.29. The van der Waals surface area contributed by atoms with Crippen molar-refractivity contribution in [2.75, 3.05) is 13.1 Å². The first-order valence-electron chi connectivity index (χ1n) is 8.44. The van der Waals surface area contributed by atoms with E-state index in [9.17, 15) is 9.59 Å². The van der Waals surface area contributed by atoms with Gasteiger partial charge in [-0.25, -0.2) is 0 Å². The van der Waals surface area contributed by atoms with Crippen molar-refractivity contribution in [3.05, 3.63) is 64.7 Å². The number of fused-ring (bicyclic) bond motifs is 2. The molecule has 4 rings (SSSR count). The summed E-state index contributed by atoms with van der Waals surface area (Å²) in [5.74, 6) is -0.170.